The maximum atomic E-state index is 3.64. The van der Waals surface area contributed by atoms with Crippen molar-refractivity contribution in [2.45, 2.75) is 66.3 Å². The van der Waals surface area contributed by atoms with Crippen LogP contribution in [0.4, 0.5) is 0 Å². The lowest BCUT2D eigenvalue weighted by Crippen LogP contribution is -2.35. The van der Waals surface area contributed by atoms with Gasteiger partial charge in [0.15, 0.2) is 0 Å². The van der Waals surface area contributed by atoms with Gasteiger partial charge in [-0.15, -0.1) is 0 Å². The summed E-state index contributed by atoms with van der Waals surface area (Å²) in [6.45, 7) is 12.7. The van der Waals surface area contributed by atoms with E-state index in [0.29, 0.717) is 0 Å². The molecule has 14 heavy (non-hydrogen) atoms. The van der Waals surface area contributed by atoms with Crippen molar-refractivity contribution in [2.75, 3.05) is 6.54 Å². The normalized spacial score (nSPS) is 15.9. The van der Waals surface area contributed by atoms with Gasteiger partial charge in [0.05, 0.1) is 0 Å². The Labute approximate surface area is 90.7 Å². The van der Waals surface area contributed by atoms with Crippen molar-refractivity contribution in [1.29, 1.82) is 0 Å². The lowest BCUT2D eigenvalue weighted by Gasteiger charge is -2.24. The third-order valence-corrected chi connectivity index (χ3v) is 2.98. The lowest BCUT2D eigenvalue weighted by molar-refractivity contribution is 0.327. The highest BCUT2D eigenvalue weighted by Gasteiger charge is 2.14. The van der Waals surface area contributed by atoms with Gasteiger partial charge in [-0.1, -0.05) is 41.0 Å². The zero-order valence-electron chi connectivity index (χ0n) is 10.8. The summed E-state index contributed by atoms with van der Waals surface area (Å²) in [4.78, 5) is 0. The maximum Gasteiger partial charge on any atom is 0.00900 e. The molecule has 2 unspecified atom stereocenters. The van der Waals surface area contributed by atoms with Gasteiger partial charge in [-0.05, 0) is 37.6 Å². The van der Waals surface area contributed by atoms with Crippen molar-refractivity contribution < 1.29 is 0 Å². The Balaban J connectivity index is 3.72. The van der Waals surface area contributed by atoms with Crippen LogP contribution in [-0.4, -0.2) is 12.6 Å². The van der Waals surface area contributed by atoms with E-state index in [1.165, 1.54) is 32.2 Å². The maximum absolute atomic E-state index is 3.64. The third-order valence-electron chi connectivity index (χ3n) is 2.98. The largest absolute Gasteiger partial charge is 0.314 e. The van der Waals surface area contributed by atoms with Crippen LogP contribution < -0.4 is 5.32 Å². The van der Waals surface area contributed by atoms with Crippen LogP contribution in [0.3, 0.4) is 0 Å². The van der Waals surface area contributed by atoms with Gasteiger partial charge in [-0.2, -0.15) is 0 Å². The summed E-state index contributed by atoms with van der Waals surface area (Å²) in [7, 11) is 0. The molecule has 0 aromatic carbocycles. The van der Waals surface area contributed by atoms with E-state index >= 15 is 0 Å². The molecule has 0 fully saturated rings. The van der Waals surface area contributed by atoms with Gasteiger partial charge in [0.2, 0.25) is 0 Å². The fraction of sp³-hybridized carbons (Fsp3) is 1.00. The molecule has 1 heteroatoms. The Hall–Kier alpha value is -0.0400. The molecule has 0 bridgehead atoms. The SMILES string of the molecule is CCCNC(CC)C(C)CCC(C)C. The van der Waals surface area contributed by atoms with Crippen LogP contribution in [-0.2, 0) is 0 Å². The zero-order valence-corrected chi connectivity index (χ0v) is 10.8. The second kappa shape index (κ2) is 8.28. The van der Waals surface area contributed by atoms with Gasteiger partial charge >= 0.3 is 0 Å². The summed E-state index contributed by atoms with van der Waals surface area (Å²) in [5, 5.41) is 3.64. The van der Waals surface area contributed by atoms with Gasteiger partial charge in [0, 0.05) is 6.04 Å². The van der Waals surface area contributed by atoms with E-state index in [1.54, 1.807) is 0 Å². The fourth-order valence-electron chi connectivity index (χ4n) is 1.88. The molecular weight excluding hydrogens is 170 g/mol. The highest BCUT2D eigenvalue weighted by Crippen LogP contribution is 2.17. The summed E-state index contributed by atoms with van der Waals surface area (Å²) >= 11 is 0. The lowest BCUT2D eigenvalue weighted by atomic mass is 9.91. The molecule has 86 valence electrons. The second-order valence-electron chi connectivity index (χ2n) is 4.92. The molecule has 0 aliphatic rings. The van der Waals surface area contributed by atoms with Gasteiger partial charge in [0.25, 0.3) is 0 Å². The number of rotatable bonds is 8. The average molecular weight is 199 g/mol. The fourth-order valence-corrected chi connectivity index (χ4v) is 1.88. The number of hydrogen-bond acceptors (Lipinski definition) is 1. The van der Waals surface area contributed by atoms with E-state index < -0.39 is 0 Å². The molecule has 0 radical (unpaired) electrons. The van der Waals surface area contributed by atoms with Gasteiger partial charge in [0.1, 0.15) is 0 Å². The molecule has 0 saturated heterocycles. The molecule has 0 rings (SSSR count). The first kappa shape index (κ1) is 14.0. The van der Waals surface area contributed by atoms with Gasteiger partial charge in [-0.25, -0.2) is 0 Å². The Bertz CT molecular complexity index is 120. The smallest absolute Gasteiger partial charge is 0.00900 e. The van der Waals surface area contributed by atoms with E-state index in [2.05, 4.69) is 39.9 Å². The topological polar surface area (TPSA) is 12.0 Å². The van der Waals surface area contributed by atoms with E-state index in [1.807, 2.05) is 0 Å². The van der Waals surface area contributed by atoms with Crippen molar-refractivity contribution in [3.63, 3.8) is 0 Å². The first-order valence-electron chi connectivity index (χ1n) is 6.35. The standard InChI is InChI=1S/C13H29N/c1-6-10-14-13(7-2)12(5)9-8-11(3)4/h11-14H,6-10H2,1-5H3. The van der Waals surface area contributed by atoms with Crippen LogP contribution in [0.15, 0.2) is 0 Å². The van der Waals surface area contributed by atoms with Crippen LogP contribution in [0.2, 0.25) is 0 Å². The molecule has 0 aliphatic heterocycles. The summed E-state index contributed by atoms with van der Waals surface area (Å²) in [5.74, 6) is 1.68. The molecule has 0 amide bonds. The molecular formula is C13H29N. The Morgan fingerprint density at radius 2 is 1.64 bits per heavy atom. The molecule has 1 N–H and O–H groups in total. The number of hydrogen-bond donors (Lipinski definition) is 1. The van der Waals surface area contributed by atoms with Crippen LogP contribution in [0.1, 0.15) is 60.3 Å². The average Bonchev–Trinajstić information content (AvgIpc) is 2.16. The van der Waals surface area contributed by atoms with Crippen LogP contribution in [0.5, 0.6) is 0 Å². The Morgan fingerprint density at radius 1 is 1.00 bits per heavy atom. The van der Waals surface area contributed by atoms with Crippen molar-refractivity contribution in [3.05, 3.63) is 0 Å². The second-order valence-corrected chi connectivity index (χ2v) is 4.92. The van der Waals surface area contributed by atoms with E-state index in [9.17, 15) is 0 Å². The van der Waals surface area contributed by atoms with Gasteiger partial charge in [-0.3, -0.25) is 0 Å². The molecule has 0 heterocycles. The molecule has 0 saturated carbocycles. The molecule has 0 aromatic rings. The first-order chi connectivity index (χ1) is 6.61. The quantitative estimate of drug-likeness (QED) is 0.626. The van der Waals surface area contributed by atoms with Crippen molar-refractivity contribution in [2.24, 2.45) is 11.8 Å². The summed E-state index contributed by atoms with van der Waals surface area (Å²) < 4.78 is 0. The molecule has 0 aromatic heterocycles. The van der Waals surface area contributed by atoms with Crippen molar-refractivity contribution in [1.82, 2.24) is 5.32 Å². The highest BCUT2D eigenvalue weighted by atomic mass is 14.9. The minimum absolute atomic E-state index is 0.730. The van der Waals surface area contributed by atoms with E-state index in [4.69, 9.17) is 0 Å². The predicted octanol–water partition coefficient (Wildman–Crippen LogP) is 3.84. The van der Waals surface area contributed by atoms with E-state index in [-0.39, 0.29) is 0 Å². The molecule has 1 nitrogen and oxygen atoms in total. The van der Waals surface area contributed by atoms with Crippen LogP contribution in [0.25, 0.3) is 0 Å². The zero-order chi connectivity index (χ0) is 11.0. The molecule has 2 atom stereocenters. The van der Waals surface area contributed by atoms with Gasteiger partial charge < -0.3 is 5.32 Å². The molecule has 0 spiro atoms. The van der Waals surface area contributed by atoms with Crippen LogP contribution in [0, 0.1) is 11.8 Å². The Morgan fingerprint density at radius 3 is 2.07 bits per heavy atom. The minimum atomic E-state index is 0.730. The highest BCUT2D eigenvalue weighted by molar-refractivity contribution is 4.72. The van der Waals surface area contributed by atoms with Crippen molar-refractivity contribution in [3.8, 4) is 0 Å². The summed E-state index contributed by atoms with van der Waals surface area (Å²) in [5.41, 5.74) is 0. The first-order valence-corrected chi connectivity index (χ1v) is 6.35. The summed E-state index contributed by atoms with van der Waals surface area (Å²) in [6, 6.07) is 0.730. The van der Waals surface area contributed by atoms with Crippen LogP contribution >= 0.6 is 0 Å². The van der Waals surface area contributed by atoms with Crippen molar-refractivity contribution >= 4 is 0 Å². The van der Waals surface area contributed by atoms with E-state index in [0.717, 1.165) is 17.9 Å². The predicted molar refractivity (Wildman–Crippen MR) is 65.6 cm³/mol. The monoisotopic (exact) mass is 199 g/mol. The molecule has 0 aliphatic carbocycles. The number of nitrogens with one attached hydrogen (secondary N) is 1. The summed E-state index contributed by atoms with van der Waals surface area (Å²) in [6.07, 6.45) is 5.24. The third kappa shape index (κ3) is 6.42. The Kier molecular flexibility index (Phi) is 8.26. The minimum Gasteiger partial charge on any atom is -0.314 e.